The first-order valence-corrected chi connectivity index (χ1v) is 14.1. The van der Waals surface area contributed by atoms with Crippen molar-refractivity contribution < 1.29 is 28.6 Å². The highest BCUT2D eigenvalue weighted by atomic mass is 19.1. The molecule has 0 spiro atoms. The summed E-state index contributed by atoms with van der Waals surface area (Å²) in [6.45, 7) is 6.06. The number of rotatable bonds is 8. The van der Waals surface area contributed by atoms with E-state index < -0.39 is 23.4 Å². The van der Waals surface area contributed by atoms with E-state index in [1.165, 1.54) is 0 Å². The number of aromatic hydroxyl groups is 1. The molecule has 1 heterocycles. The molecule has 0 unspecified atom stereocenters. The molecule has 1 aliphatic carbocycles. The highest BCUT2D eigenvalue weighted by Gasteiger charge is 2.27. The molecule has 2 aromatic carbocycles. The topological polar surface area (TPSA) is 113 Å². The molecule has 1 aromatic heterocycles. The van der Waals surface area contributed by atoms with Crippen LogP contribution in [0.25, 0.3) is 11.1 Å². The number of aromatic nitrogens is 1. The minimum Gasteiger partial charge on any atom is -0.508 e. The van der Waals surface area contributed by atoms with Gasteiger partial charge >= 0.3 is 6.09 Å². The van der Waals surface area contributed by atoms with E-state index in [1.807, 2.05) is 64.0 Å². The van der Waals surface area contributed by atoms with Crippen LogP contribution in [0.4, 0.5) is 9.18 Å². The zero-order chi connectivity index (χ0) is 30.4. The average molecular weight is 579 g/mol. The average Bonchev–Trinajstić information content (AvgIpc) is 2.89. The molecule has 1 fully saturated rings. The molecular formula is C32H39FN4O5. The van der Waals surface area contributed by atoms with Crippen LogP contribution in [0, 0.1) is 5.82 Å². The number of ether oxygens (including phenoxy) is 2. The lowest BCUT2D eigenvalue weighted by molar-refractivity contribution is 0.0487. The van der Waals surface area contributed by atoms with Gasteiger partial charge in [-0.05, 0) is 108 Å². The zero-order valence-corrected chi connectivity index (χ0v) is 24.7. The summed E-state index contributed by atoms with van der Waals surface area (Å²) in [5.74, 6) is -0.529. The minimum absolute atomic E-state index is 0.00710. The number of amides is 2. The number of phenols is 1. The molecule has 0 radical (unpaired) electrons. The second-order valence-corrected chi connectivity index (χ2v) is 11.9. The fourth-order valence-corrected chi connectivity index (χ4v) is 4.96. The molecule has 0 atom stereocenters. The van der Waals surface area contributed by atoms with Gasteiger partial charge in [-0.1, -0.05) is 18.2 Å². The van der Waals surface area contributed by atoms with Gasteiger partial charge in [0.15, 0.2) is 0 Å². The van der Waals surface area contributed by atoms with Crippen LogP contribution >= 0.6 is 0 Å². The molecule has 0 saturated heterocycles. The van der Waals surface area contributed by atoms with Gasteiger partial charge in [0.1, 0.15) is 28.5 Å². The van der Waals surface area contributed by atoms with E-state index in [0.29, 0.717) is 38.0 Å². The maximum absolute atomic E-state index is 14.2. The maximum atomic E-state index is 14.2. The number of nitrogens with one attached hydrogen (secondary N) is 2. The van der Waals surface area contributed by atoms with Crippen molar-refractivity contribution in [2.24, 2.45) is 0 Å². The summed E-state index contributed by atoms with van der Waals surface area (Å²) in [5, 5.41) is 15.9. The minimum atomic E-state index is -0.649. The number of hydrogen-bond acceptors (Lipinski definition) is 7. The first kappa shape index (κ1) is 30.8. The number of phenolic OH excluding ortho intramolecular Hbond substituents is 1. The maximum Gasteiger partial charge on any atom is 0.407 e. The Morgan fingerprint density at radius 3 is 2.38 bits per heavy atom. The summed E-state index contributed by atoms with van der Waals surface area (Å²) >= 11 is 0. The van der Waals surface area contributed by atoms with Crippen LogP contribution in [0.2, 0.25) is 0 Å². The molecule has 3 aromatic rings. The van der Waals surface area contributed by atoms with Gasteiger partial charge < -0.3 is 30.1 Å². The third-order valence-corrected chi connectivity index (χ3v) is 6.78. The largest absolute Gasteiger partial charge is 0.508 e. The third-order valence-electron chi connectivity index (χ3n) is 6.78. The first-order chi connectivity index (χ1) is 19.9. The van der Waals surface area contributed by atoms with Crippen molar-refractivity contribution >= 4 is 12.0 Å². The standard InChI is InChI=1S/C32H39FN4O5/c1-32(2,3)42-31(40)36-24-11-9-23(10-12-24)35-29(39)28-17-22(33)18-34-30(28)41-26-8-6-7-20(16-26)27-14-13-25(38)15-21(27)19-37(4)5/h6-8,13-18,23-24,38H,9-12,19H2,1-5H3,(H,35,39)(H,36,40). The van der Waals surface area contributed by atoms with E-state index in [9.17, 15) is 19.1 Å². The van der Waals surface area contributed by atoms with Crippen LogP contribution in [0.1, 0.15) is 62.4 Å². The molecule has 2 amide bonds. The Morgan fingerprint density at radius 2 is 1.71 bits per heavy atom. The molecule has 224 valence electrons. The molecule has 1 aliphatic rings. The summed E-state index contributed by atoms with van der Waals surface area (Å²) in [6, 6.07) is 13.5. The molecule has 1 saturated carbocycles. The van der Waals surface area contributed by atoms with Crippen molar-refractivity contribution in [2.75, 3.05) is 14.1 Å². The Labute approximate surface area is 246 Å². The molecular weight excluding hydrogens is 539 g/mol. The zero-order valence-electron chi connectivity index (χ0n) is 24.7. The highest BCUT2D eigenvalue weighted by molar-refractivity contribution is 5.96. The van der Waals surface area contributed by atoms with Crippen molar-refractivity contribution in [3.05, 3.63) is 71.7 Å². The number of benzene rings is 2. The van der Waals surface area contributed by atoms with Gasteiger partial charge in [-0.25, -0.2) is 14.2 Å². The van der Waals surface area contributed by atoms with E-state index in [2.05, 4.69) is 15.6 Å². The molecule has 9 nitrogen and oxygen atoms in total. The Hall–Kier alpha value is -4.18. The number of halogens is 1. The summed E-state index contributed by atoms with van der Waals surface area (Å²) in [6.07, 6.45) is 3.21. The summed E-state index contributed by atoms with van der Waals surface area (Å²) < 4.78 is 25.6. The van der Waals surface area contributed by atoms with E-state index >= 15 is 0 Å². The van der Waals surface area contributed by atoms with Crippen LogP contribution in [0.3, 0.4) is 0 Å². The van der Waals surface area contributed by atoms with Gasteiger partial charge in [-0.3, -0.25) is 4.79 Å². The second-order valence-electron chi connectivity index (χ2n) is 11.9. The van der Waals surface area contributed by atoms with Gasteiger partial charge in [0, 0.05) is 18.6 Å². The van der Waals surface area contributed by atoms with E-state index in [4.69, 9.17) is 9.47 Å². The van der Waals surface area contributed by atoms with Gasteiger partial charge in [0.05, 0.1) is 6.20 Å². The Kier molecular flexibility index (Phi) is 9.67. The molecule has 0 aliphatic heterocycles. The Morgan fingerprint density at radius 1 is 1.02 bits per heavy atom. The Balaban J connectivity index is 1.44. The van der Waals surface area contributed by atoms with E-state index in [0.717, 1.165) is 29.0 Å². The van der Waals surface area contributed by atoms with Crippen LogP contribution in [-0.2, 0) is 11.3 Å². The van der Waals surface area contributed by atoms with Crippen molar-refractivity contribution in [2.45, 2.75) is 70.7 Å². The van der Waals surface area contributed by atoms with Gasteiger partial charge in [-0.2, -0.15) is 0 Å². The number of hydrogen-bond donors (Lipinski definition) is 3. The lowest BCUT2D eigenvalue weighted by Crippen LogP contribution is -2.45. The predicted molar refractivity (Wildman–Crippen MR) is 158 cm³/mol. The normalized spacial score (nSPS) is 17.0. The third kappa shape index (κ3) is 8.66. The number of alkyl carbamates (subject to hydrolysis) is 1. The van der Waals surface area contributed by atoms with Crippen molar-refractivity contribution in [1.82, 2.24) is 20.5 Å². The quantitative estimate of drug-likeness (QED) is 0.300. The van der Waals surface area contributed by atoms with E-state index in [1.54, 1.807) is 18.2 Å². The van der Waals surface area contributed by atoms with E-state index in [-0.39, 0.29) is 29.3 Å². The van der Waals surface area contributed by atoms with Crippen molar-refractivity contribution in [3.8, 4) is 28.5 Å². The highest BCUT2D eigenvalue weighted by Crippen LogP contribution is 2.32. The van der Waals surface area contributed by atoms with Gasteiger partial charge in [0.2, 0.25) is 5.88 Å². The lowest BCUT2D eigenvalue weighted by Gasteiger charge is -2.30. The first-order valence-electron chi connectivity index (χ1n) is 14.1. The van der Waals surface area contributed by atoms with Crippen molar-refractivity contribution in [3.63, 3.8) is 0 Å². The fraction of sp³-hybridized carbons (Fsp3) is 0.406. The molecule has 0 bridgehead atoms. The number of carbonyl (C=O) groups is 2. The monoisotopic (exact) mass is 578 g/mol. The SMILES string of the molecule is CN(C)Cc1cc(O)ccc1-c1cccc(Oc2ncc(F)cc2C(=O)NC2CCC(NC(=O)OC(C)(C)C)CC2)c1. The van der Waals surface area contributed by atoms with Gasteiger partial charge in [0.25, 0.3) is 5.91 Å². The molecule has 42 heavy (non-hydrogen) atoms. The lowest BCUT2D eigenvalue weighted by atomic mass is 9.91. The summed E-state index contributed by atoms with van der Waals surface area (Å²) in [7, 11) is 3.90. The van der Waals surface area contributed by atoms with Crippen LogP contribution in [0.15, 0.2) is 54.7 Å². The molecule has 4 rings (SSSR count). The fourth-order valence-electron chi connectivity index (χ4n) is 4.96. The summed E-state index contributed by atoms with van der Waals surface area (Å²) in [5.41, 5.74) is 2.14. The number of carbonyl (C=O) groups excluding carboxylic acids is 2. The number of nitrogens with zero attached hydrogens (tertiary/aromatic N) is 2. The Bertz CT molecular complexity index is 1410. The van der Waals surface area contributed by atoms with Crippen molar-refractivity contribution in [1.29, 1.82) is 0 Å². The second kappa shape index (κ2) is 13.2. The van der Waals surface area contributed by atoms with Gasteiger partial charge in [-0.15, -0.1) is 0 Å². The molecule has 3 N–H and O–H groups in total. The number of pyridine rings is 1. The van der Waals surface area contributed by atoms with Crippen LogP contribution in [0.5, 0.6) is 17.4 Å². The van der Waals surface area contributed by atoms with Crippen LogP contribution in [-0.4, -0.2) is 58.8 Å². The molecule has 10 heteroatoms. The predicted octanol–water partition coefficient (Wildman–Crippen LogP) is 6.01. The summed E-state index contributed by atoms with van der Waals surface area (Å²) in [4.78, 5) is 31.4. The smallest absolute Gasteiger partial charge is 0.407 e. The van der Waals surface area contributed by atoms with Crippen LogP contribution < -0.4 is 15.4 Å².